The summed E-state index contributed by atoms with van der Waals surface area (Å²) in [5, 5.41) is 11.9. The predicted octanol–water partition coefficient (Wildman–Crippen LogP) is 4.33. The molecule has 1 aromatic heterocycles. The molecule has 34 heavy (non-hydrogen) atoms. The average molecular weight is 500 g/mol. The van der Waals surface area contributed by atoms with E-state index >= 15 is 0 Å². The molecule has 2 heterocycles. The van der Waals surface area contributed by atoms with Crippen molar-refractivity contribution in [1.82, 2.24) is 20.4 Å². The smallest absolute Gasteiger partial charge is 0.271 e. The van der Waals surface area contributed by atoms with Crippen LogP contribution in [0, 0.1) is 0 Å². The zero-order chi connectivity index (χ0) is 23.9. The number of carbonyl (C=O) groups is 1. The van der Waals surface area contributed by atoms with Gasteiger partial charge in [0.2, 0.25) is 5.91 Å². The Hall–Kier alpha value is -2.87. The fourth-order valence-electron chi connectivity index (χ4n) is 4.06. The number of carbonyl (C=O) groups excluding carboxylic acids is 1. The third kappa shape index (κ3) is 5.97. The van der Waals surface area contributed by atoms with Gasteiger partial charge in [0.1, 0.15) is 0 Å². The van der Waals surface area contributed by atoms with Gasteiger partial charge >= 0.3 is 0 Å². The monoisotopic (exact) mass is 499 g/mol. The van der Waals surface area contributed by atoms with E-state index in [9.17, 15) is 9.59 Å². The molecule has 0 aliphatic carbocycles. The van der Waals surface area contributed by atoms with Gasteiger partial charge in [-0.05, 0) is 56.1 Å². The number of para-hydroxylation sites is 2. The van der Waals surface area contributed by atoms with Crippen molar-refractivity contribution in [3.8, 4) is 5.69 Å². The Balaban J connectivity index is 1.52. The number of hydrogen-bond donors (Lipinski definition) is 2. The lowest BCUT2D eigenvalue weighted by Gasteiger charge is -2.25. The van der Waals surface area contributed by atoms with Gasteiger partial charge in [0, 0.05) is 31.6 Å². The van der Waals surface area contributed by atoms with Crippen LogP contribution in [0.1, 0.15) is 25.7 Å². The first-order valence-corrected chi connectivity index (χ1v) is 12.2. The Morgan fingerprint density at radius 3 is 2.59 bits per heavy atom. The molecule has 2 aromatic carbocycles. The molecule has 1 atom stereocenters. The van der Waals surface area contributed by atoms with Gasteiger partial charge in [-0.1, -0.05) is 47.5 Å². The molecule has 178 valence electrons. The quantitative estimate of drug-likeness (QED) is 0.428. The summed E-state index contributed by atoms with van der Waals surface area (Å²) >= 11 is 12.8. The van der Waals surface area contributed by atoms with Crippen LogP contribution >= 0.6 is 23.2 Å². The summed E-state index contributed by atoms with van der Waals surface area (Å²) in [5.41, 5.74) is 0.981. The highest BCUT2D eigenvalue weighted by molar-refractivity contribution is 6.33. The van der Waals surface area contributed by atoms with E-state index in [-0.39, 0.29) is 17.5 Å². The van der Waals surface area contributed by atoms with Crippen LogP contribution < -0.4 is 21.1 Å². The molecule has 7 nitrogen and oxygen atoms in total. The molecule has 3 aromatic rings. The first kappa shape index (κ1) is 24.3. The lowest BCUT2D eigenvalue weighted by Crippen LogP contribution is -2.33. The Bertz CT molecular complexity index is 1190. The van der Waals surface area contributed by atoms with E-state index in [1.165, 1.54) is 10.7 Å². The third-order valence-electron chi connectivity index (χ3n) is 5.76. The van der Waals surface area contributed by atoms with Crippen molar-refractivity contribution in [2.75, 3.05) is 24.5 Å². The third-order valence-corrected chi connectivity index (χ3v) is 6.40. The minimum atomic E-state index is -0.288. The number of nitrogens with zero attached hydrogens (tertiary/aromatic N) is 3. The second-order valence-electron chi connectivity index (χ2n) is 8.20. The molecule has 4 rings (SSSR count). The van der Waals surface area contributed by atoms with Gasteiger partial charge in [0.05, 0.1) is 21.4 Å². The number of benzene rings is 2. The summed E-state index contributed by atoms with van der Waals surface area (Å²) in [7, 11) is 0. The van der Waals surface area contributed by atoms with Crippen molar-refractivity contribution in [1.29, 1.82) is 0 Å². The number of amides is 1. The number of halogens is 2. The fourth-order valence-corrected chi connectivity index (χ4v) is 4.52. The summed E-state index contributed by atoms with van der Waals surface area (Å²) in [6.07, 6.45) is 3.33. The maximum absolute atomic E-state index is 12.6. The molecule has 0 saturated carbocycles. The standard InChI is InChI=1S/C25H27Cl2N5O2/c26-19-8-1-3-10-21(19)31(16-6-15-29-24(33)17-18-7-5-14-28-18)23-12-13-25(34)32(30-23)22-11-4-2-9-20(22)27/h1-4,8-13,18,28H,5-7,14-17H2,(H,29,33). The van der Waals surface area contributed by atoms with Crippen LogP contribution in [0.5, 0.6) is 0 Å². The Labute approximate surface area is 208 Å². The van der Waals surface area contributed by atoms with E-state index in [1.807, 2.05) is 29.2 Å². The summed E-state index contributed by atoms with van der Waals surface area (Å²) in [6.45, 7) is 2.05. The molecule has 0 bridgehead atoms. The normalized spacial score (nSPS) is 15.3. The second-order valence-corrected chi connectivity index (χ2v) is 9.01. The lowest BCUT2D eigenvalue weighted by atomic mass is 10.1. The summed E-state index contributed by atoms with van der Waals surface area (Å²) in [5.74, 6) is 0.600. The van der Waals surface area contributed by atoms with Crippen LogP contribution in [0.3, 0.4) is 0 Å². The SMILES string of the molecule is O=C(CC1CCCN1)NCCCN(c1ccc(=O)n(-c2ccccc2Cl)n1)c1ccccc1Cl. The van der Waals surface area contributed by atoms with E-state index in [2.05, 4.69) is 15.7 Å². The molecule has 0 radical (unpaired) electrons. The van der Waals surface area contributed by atoms with Gasteiger partial charge in [0.25, 0.3) is 5.56 Å². The van der Waals surface area contributed by atoms with Crippen LogP contribution in [-0.4, -0.2) is 41.4 Å². The molecular weight excluding hydrogens is 473 g/mol. The van der Waals surface area contributed by atoms with Crippen LogP contribution in [0.25, 0.3) is 5.69 Å². The highest BCUT2D eigenvalue weighted by atomic mass is 35.5. The first-order chi connectivity index (χ1) is 16.5. The lowest BCUT2D eigenvalue weighted by molar-refractivity contribution is -0.121. The fraction of sp³-hybridized carbons (Fsp3) is 0.320. The van der Waals surface area contributed by atoms with E-state index in [0.29, 0.717) is 47.5 Å². The van der Waals surface area contributed by atoms with Crippen molar-refractivity contribution in [3.05, 3.63) is 81.1 Å². The van der Waals surface area contributed by atoms with Crippen molar-refractivity contribution >= 4 is 40.6 Å². The summed E-state index contributed by atoms with van der Waals surface area (Å²) in [4.78, 5) is 26.8. The Morgan fingerprint density at radius 1 is 1.09 bits per heavy atom. The van der Waals surface area contributed by atoms with Gasteiger partial charge < -0.3 is 15.5 Å². The largest absolute Gasteiger partial charge is 0.356 e. The maximum atomic E-state index is 12.6. The average Bonchev–Trinajstić information content (AvgIpc) is 3.34. The number of aromatic nitrogens is 2. The van der Waals surface area contributed by atoms with Crippen LogP contribution in [0.15, 0.2) is 65.5 Å². The van der Waals surface area contributed by atoms with E-state index < -0.39 is 0 Å². The highest BCUT2D eigenvalue weighted by Gasteiger charge is 2.18. The summed E-state index contributed by atoms with van der Waals surface area (Å²) < 4.78 is 1.29. The molecule has 1 aliphatic rings. The molecule has 1 aliphatic heterocycles. The van der Waals surface area contributed by atoms with E-state index in [4.69, 9.17) is 23.2 Å². The summed E-state index contributed by atoms with van der Waals surface area (Å²) in [6, 6.07) is 17.9. The highest BCUT2D eigenvalue weighted by Crippen LogP contribution is 2.30. The first-order valence-electron chi connectivity index (χ1n) is 11.4. The van der Waals surface area contributed by atoms with Gasteiger partial charge in [-0.15, -0.1) is 5.10 Å². The molecule has 9 heteroatoms. The van der Waals surface area contributed by atoms with Gasteiger partial charge in [0.15, 0.2) is 5.82 Å². The van der Waals surface area contributed by atoms with E-state index in [0.717, 1.165) is 25.1 Å². The molecule has 1 amide bonds. The molecule has 1 saturated heterocycles. The zero-order valence-electron chi connectivity index (χ0n) is 18.7. The van der Waals surface area contributed by atoms with Gasteiger partial charge in [-0.25, -0.2) is 0 Å². The van der Waals surface area contributed by atoms with Crippen LogP contribution in [-0.2, 0) is 4.79 Å². The van der Waals surface area contributed by atoms with E-state index in [1.54, 1.807) is 30.3 Å². The molecule has 0 spiro atoms. The minimum absolute atomic E-state index is 0.0501. The zero-order valence-corrected chi connectivity index (χ0v) is 20.2. The predicted molar refractivity (Wildman–Crippen MR) is 137 cm³/mol. The molecule has 2 N–H and O–H groups in total. The van der Waals surface area contributed by atoms with Crippen LogP contribution in [0.4, 0.5) is 11.5 Å². The number of rotatable bonds is 9. The molecular formula is C25H27Cl2N5O2. The molecule has 1 unspecified atom stereocenters. The topological polar surface area (TPSA) is 79.3 Å². The Morgan fingerprint density at radius 2 is 1.85 bits per heavy atom. The maximum Gasteiger partial charge on any atom is 0.271 e. The van der Waals surface area contributed by atoms with Gasteiger partial charge in [-0.2, -0.15) is 4.68 Å². The Kier molecular flexibility index (Phi) is 8.21. The van der Waals surface area contributed by atoms with Crippen molar-refractivity contribution < 1.29 is 4.79 Å². The minimum Gasteiger partial charge on any atom is -0.356 e. The van der Waals surface area contributed by atoms with Crippen molar-refractivity contribution in [3.63, 3.8) is 0 Å². The number of anilines is 2. The van der Waals surface area contributed by atoms with Crippen molar-refractivity contribution in [2.24, 2.45) is 0 Å². The second kappa shape index (κ2) is 11.5. The van der Waals surface area contributed by atoms with Gasteiger partial charge in [-0.3, -0.25) is 9.59 Å². The number of hydrogen-bond acceptors (Lipinski definition) is 5. The molecule has 1 fully saturated rings. The van der Waals surface area contributed by atoms with Crippen LogP contribution in [0.2, 0.25) is 10.0 Å². The van der Waals surface area contributed by atoms with Crippen molar-refractivity contribution in [2.45, 2.75) is 31.7 Å². The number of nitrogens with one attached hydrogen (secondary N) is 2.